The van der Waals surface area contributed by atoms with Crippen molar-refractivity contribution < 1.29 is 5.11 Å². The predicted molar refractivity (Wildman–Crippen MR) is 136 cm³/mol. The van der Waals surface area contributed by atoms with Gasteiger partial charge in [0, 0.05) is 35.8 Å². The van der Waals surface area contributed by atoms with Crippen molar-refractivity contribution >= 4 is 11.5 Å². The largest absolute Gasteiger partial charge is 0.507 e. The van der Waals surface area contributed by atoms with Crippen LogP contribution in [0.25, 0.3) is 5.69 Å². The van der Waals surface area contributed by atoms with Crippen LogP contribution in [0.3, 0.4) is 0 Å². The summed E-state index contributed by atoms with van der Waals surface area (Å²) in [7, 11) is 2.04. The molecule has 0 atom stereocenters. The van der Waals surface area contributed by atoms with Gasteiger partial charge in [0.1, 0.15) is 5.75 Å². The van der Waals surface area contributed by atoms with E-state index in [0.717, 1.165) is 12.8 Å². The second-order valence-electron chi connectivity index (χ2n) is 9.43. The average molecular weight is 454 g/mol. The molecule has 3 rings (SSSR count). The van der Waals surface area contributed by atoms with Gasteiger partial charge < -0.3 is 15.3 Å². The molecule has 0 saturated carbocycles. The van der Waals surface area contributed by atoms with Crippen LogP contribution in [0.5, 0.6) is 5.75 Å². The van der Waals surface area contributed by atoms with E-state index in [1.165, 1.54) is 4.80 Å². The summed E-state index contributed by atoms with van der Waals surface area (Å²) in [6.07, 6.45) is 6.89. The molecule has 0 bridgehead atoms. The molecule has 1 aliphatic rings. The summed E-state index contributed by atoms with van der Waals surface area (Å²) in [5, 5.41) is 31.2. The van der Waals surface area contributed by atoms with Crippen LogP contribution in [0, 0.1) is 0 Å². The number of phenols is 1. The van der Waals surface area contributed by atoms with Crippen LogP contribution in [0.4, 0.5) is 0 Å². The van der Waals surface area contributed by atoms with Crippen molar-refractivity contribution in [3.8, 4) is 11.4 Å². The van der Waals surface area contributed by atoms with Crippen LogP contribution in [0.2, 0.25) is 0 Å². The summed E-state index contributed by atoms with van der Waals surface area (Å²) in [5.74, 6) is 0.802. The quantitative estimate of drug-likeness (QED) is 0.394. The second kappa shape index (κ2) is 10.7. The first kappa shape index (κ1) is 26.3. The van der Waals surface area contributed by atoms with E-state index in [0.29, 0.717) is 28.8 Å². The van der Waals surface area contributed by atoms with Crippen LogP contribution in [-0.2, 0) is 0 Å². The minimum Gasteiger partial charge on any atom is -0.507 e. The van der Waals surface area contributed by atoms with Gasteiger partial charge in [-0.1, -0.05) is 20.4 Å². The molecule has 8 heteroatoms. The summed E-state index contributed by atoms with van der Waals surface area (Å²) in [5.41, 5.74) is 1.95. The lowest BCUT2D eigenvalue weighted by Crippen LogP contribution is -2.62. The van der Waals surface area contributed by atoms with Gasteiger partial charge in [0.15, 0.2) is 5.84 Å². The number of nitrogens with zero attached hydrogens (tertiary/aromatic N) is 6. The molecule has 33 heavy (non-hydrogen) atoms. The van der Waals surface area contributed by atoms with Crippen molar-refractivity contribution in [2.24, 2.45) is 10.2 Å². The third-order valence-corrected chi connectivity index (χ3v) is 5.58. The fraction of sp³-hybridized carbons (Fsp3) is 0.520. The Kier molecular flexibility index (Phi) is 8.55. The van der Waals surface area contributed by atoms with Crippen molar-refractivity contribution in [1.29, 1.82) is 0 Å². The molecule has 2 N–H and O–H groups in total. The van der Waals surface area contributed by atoms with E-state index in [2.05, 4.69) is 64.9 Å². The fourth-order valence-electron chi connectivity index (χ4n) is 4.46. The number of likely N-dealkylation sites (N-methyl/N-ethyl adjacent to an activating group) is 1. The number of nitrogens with one attached hydrogen (secondary N) is 1. The van der Waals surface area contributed by atoms with E-state index >= 15 is 0 Å². The van der Waals surface area contributed by atoms with Crippen LogP contribution >= 0.6 is 0 Å². The summed E-state index contributed by atoms with van der Waals surface area (Å²) < 4.78 is 0. The van der Waals surface area contributed by atoms with Gasteiger partial charge in [-0.3, -0.25) is 0 Å². The SMILES string of the molecule is C=C/C(=N\N=C(/C)c1ccc(-n2nccn2)cc1O)N(C)C1CC(C)(C)NC(C)(C)C1.CC. The Bertz CT molecular complexity index is 974. The molecule has 1 fully saturated rings. The highest BCUT2D eigenvalue weighted by molar-refractivity contribution is 6.02. The van der Waals surface area contributed by atoms with Crippen LogP contribution in [0.15, 0.2) is 53.5 Å². The van der Waals surface area contributed by atoms with Gasteiger partial charge in [-0.25, -0.2) is 0 Å². The molecule has 0 amide bonds. The van der Waals surface area contributed by atoms with Gasteiger partial charge in [0.2, 0.25) is 0 Å². The molecule has 1 aromatic heterocycles. The Morgan fingerprint density at radius 1 is 1.15 bits per heavy atom. The number of amidine groups is 1. The Balaban J connectivity index is 0.00000187. The topological polar surface area (TPSA) is 90.9 Å². The predicted octanol–water partition coefficient (Wildman–Crippen LogP) is 4.55. The van der Waals surface area contributed by atoms with Crippen LogP contribution < -0.4 is 5.32 Å². The van der Waals surface area contributed by atoms with Crippen molar-refractivity contribution in [3.05, 3.63) is 48.8 Å². The first-order valence-corrected chi connectivity index (χ1v) is 11.5. The summed E-state index contributed by atoms with van der Waals surface area (Å²) in [6.45, 7) is 18.7. The van der Waals surface area contributed by atoms with E-state index in [-0.39, 0.29) is 16.8 Å². The minimum atomic E-state index is 0.0309. The molecule has 2 aromatic rings. The molecular formula is C25H39N7O. The number of aromatic nitrogens is 3. The maximum atomic E-state index is 10.5. The van der Waals surface area contributed by atoms with Gasteiger partial charge in [-0.05, 0) is 65.7 Å². The van der Waals surface area contributed by atoms with E-state index < -0.39 is 0 Å². The maximum Gasteiger partial charge on any atom is 0.150 e. The summed E-state index contributed by atoms with van der Waals surface area (Å²) in [4.78, 5) is 3.60. The normalized spacial score (nSPS) is 18.3. The summed E-state index contributed by atoms with van der Waals surface area (Å²) >= 11 is 0. The Morgan fingerprint density at radius 3 is 2.24 bits per heavy atom. The van der Waals surface area contributed by atoms with Gasteiger partial charge in [0.05, 0.1) is 23.8 Å². The zero-order valence-corrected chi connectivity index (χ0v) is 21.3. The van der Waals surface area contributed by atoms with E-state index in [1.807, 2.05) is 33.9 Å². The smallest absolute Gasteiger partial charge is 0.150 e. The third kappa shape index (κ3) is 6.74. The van der Waals surface area contributed by atoms with Gasteiger partial charge >= 0.3 is 0 Å². The first-order valence-electron chi connectivity index (χ1n) is 11.5. The standard InChI is InChI=1S/C23H33N7O.C2H6/c1-8-21(29(7)18-14-22(3,4)28-23(5,6)15-18)27-26-16(2)19-10-9-17(13-20(19)31)30-24-11-12-25-30;1-2/h8-13,18,28,31H,1,14-15H2,2-7H3;1-2H3/b26-16+,27-21+;. The van der Waals surface area contributed by atoms with Gasteiger partial charge in [0.25, 0.3) is 0 Å². The number of phenolic OH excluding ortho intramolecular Hbond substituents is 1. The number of benzene rings is 1. The molecule has 0 unspecified atom stereocenters. The number of hydrogen-bond acceptors (Lipinski definition) is 6. The van der Waals surface area contributed by atoms with Crippen LogP contribution in [0.1, 0.15) is 66.9 Å². The van der Waals surface area contributed by atoms with Crippen molar-refractivity contribution in [2.75, 3.05) is 7.05 Å². The molecule has 8 nitrogen and oxygen atoms in total. The lowest BCUT2D eigenvalue weighted by atomic mass is 9.79. The summed E-state index contributed by atoms with van der Waals surface area (Å²) in [6, 6.07) is 5.54. The zero-order valence-electron chi connectivity index (χ0n) is 21.3. The molecule has 1 aromatic carbocycles. The van der Waals surface area contributed by atoms with Crippen LogP contribution in [-0.4, -0.2) is 60.7 Å². The Hall–Kier alpha value is -3.00. The van der Waals surface area contributed by atoms with Crippen molar-refractivity contribution in [2.45, 2.75) is 78.4 Å². The lowest BCUT2D eigenvalue weighted by molar-refractivity contribution is 0.114. The van der Waals surface area contributed by atoms with E-state index in [1.54, 1.807) is 30.6 Å². The molecule has 2 heterocycles. The van der Waals surface area contributed by atoms with Gasteiger partial charge in [-0.2, -0.15) is 20.1 Å². The second-order valence-corrected chi connectivity index (χ2v) is 9.43. The molecule has 180 valence electrons. The lowest BCUT2D eigenvalue weighted by Gasteiger charge is -2.49. The van der Waals surface area contributed by atoms with Crippen molar-refractivity contribution in [1.82, 2.24) is 25.2 Å². The highest BCUT2D eigenvalue weighted by atomic mass is 16.3. The van der Waals surface area contributed by atoms with E-state index in [4.69, 9.17) is 0 Å². The number of hydrogen-bond donors (Lipinski definition) is 2. The number of rotatable bonds is 5. The minimum absolute atomic E-state index is 0.0309. The molecule has 1 saturated heterocycles. The van der Waals surface area contributed by atoms with Gasteiger partial charge in [-0.15, -0.1) is 5.10 Å². The number of aromatic hydroxyl groups is 1. The van der Waals surface area contributed by atoms with E-state index in [9.17, 15) is 5.11 Å². The third-order valence-electron chi connectivity index (χ3n) is 5.58. The first-order chi connectivity index (χ1) is 15.5. The zero-order chi connectivity index (χ0) is 24.8. The Morgan fingerprint density at radius 2 is 1.73 bits per heavy atom. The molecular weight excluding hydrogens is 414 g/mol. The molecule has 0 radical (unpaired) electrons. The highest BCUT2D eigenvalue weighted by Crippen LogP contribution is 2.31. The highest BCUT2D eigenvalue weighted by Gasteiger charge is 2.39. The monoisotopic (exact) mass is 453 g/mol. The average Bonchev–Trinajstić information content (AvgIpc) is 3.28. The molecule has 1 aliphatic heterocycles. The number of piperidine rings is 1. The Labute approximate surface area is 198 Å². The molecule has 0 spiro atoms. The maximum absolute atomic E-state index is 10.5. The fourth-order valence-corrected chi connectivity index (χ4v) is 4.46. The molecule has 0 aliphatic carbocycles. The van der Waals surface area contributed by atoms with Crippen molar-refractivity contribution in [3.63, 3.8) is 0 Å².